The van der Waals surface area contributed by atoms with E-state index in [4.69, 9.17) is 14.2 Å². The van der Waals surface area contributed by atoms with Crippen molar-refractivity contribution < 1.29 is 49.3 Å². The van der Waals surface area contributed by atoms with Crippen LogP contribution in [0.15, 0.2) is 24.3 Å². The lowest BCUT2D eigenvalue weighted by Crippen LogP contribution is -2.60. The summed E-state index contributed by atoms with van der Waals surface area (Å²) in [7, 11) is 0. The zero-order chi connectivity index (χ0) is 68.6. The number of rotatable bonds is 76. The Morgan fingerprint density at radius 3 is 1.01 bits per heavy atom. The highest BCUT2D eigenvalue weighted by Crippen LogP contribution is 2.24. The van der Waals surface area contributed by atoms with E-state index in [1.807, 2.05) is 6.08 Å². The molecule has 95 heavy (non-hydrogen) atoms. The fourth-order valence-corrected chi connectivity index (χ4v) is 13.7. The molecule has 0 aromatic carbocycles. The first-order valence-corrected chi connectivity index (χ1v) is 42.1. The van der Waals surface area contributed by atoms with Crippen LogP contribution >= 0.6 is 0 Å². The van der Waals surface area contributed by atoms with Gasteiger partial charge in [-0.15, -0.1) is 0 Å². The maximum Gasteiger partial charge on any atom is 0.305 e. The summed E-state index contributed by atoms with van der Waals surface area (Å²) in [5.74, 6) is -0.154. The van der Waals surface area contributed by atoms with Gasteiger partial charge in [-0.25, -0.2) is 0 Å². The van der Waals surface area contributed by atoms with Gasteiger partial charge in [0, 0.05) is 12.8 Å². The Labute approximate surface area is 588 Å². The number of amides is 1. The second-order valence-corrected chi connectivity index (χ2v) is 29.5. The number of aliphatic hydroxyl groups is 5. The van der Waals surface area contributed by atoms with Gasteiger partial charge in [0.1, 0.15) is 24.4 Å². The molecule has 1 amide bonds. The van der Waals surface area contributed by atoms with Gasteiger partial charge >= 0.3 is 5.97 Å². The van der Waals surface area contributed by atoms with Gasteiger partial charge in [-0.2, -0.15) is 0 Å². The van der Waals surface area contributed by atoms with Crippen LogP contribution in [-0.2, 0) is 23.8 Å². The van der Waals surface area contributed by atoms with Crippen molar-refractivity contribution in [1.29, 1.82) is 0 Å². The highest BCUT2D eigenvalue weighted by atomic mass is 16.7. The molecule has 1 aliphatic heterocycles. The Bertz CT molecular complexity index is 1630. The lowest BCUT2D eigenvalue weighted by molar-refractivity contribution is -0.302. The molecule has 7 atom stereocenters. The first-order valence-electron chi connectivity index (χ1n) is 42.1. The summed E-state index contributed by atoms with van der Waals surface area (Å²) in [5.41, 5.74) is 0. The molecule has 11 nitrogen and oxygen atoms in total. The van der Waals surface area contributed by atoms with Gasteiger partial charge in [-0.3, -0.25) is 9.59 Å². The molecule has 7 unspecified atom stereocenters. The van der Waals surface area contributed by atoms with Gasteiger partial charge in [0.25, 0.3) is 0 Å². The van der Waals surface area contributed by atoms with Crippen LogP contribution in [-0.4, -0.2) is 100 Å². The van der Waals surface area contributed by atoms with Crippen LogP contribution in [0.1, 0.15) is 438 Å². The van der Waals surface area contributed by atoms with Gasteiger partial charge in [0.2, 0.25) is 5.91 Å². The average molecular weight is 1350 g/mol. The summed E-state index contributed by atoms with van der Waals surface area (Å²) in [5, 5.41) is 54.5. The topological polar surface area (TPSA) is 175 Å². The van der Waals surface area contributed by atoms with Gasteiger partial charge in [-0.05, 0) is 57.8 Å². The van der Waals surface area contributed by atoms with Crippen LogP contribution in [0.25, 0.3) is 0 Å². The Morgan fingerprint density at radius 1 is 0.379 bits per heavy atom. The monoisotopic (exact) mass is 1340 g/mol. The Morgan fingerprint density at radius 2 is 0.674 bits per heavy atom. The minimum atomic E-state index is -1.57. The van der Waals surface area contributed by atoms with E-state index in [0.717, 1.165) is 51.4 Å². The predicted octanol–water partition coefficient (Wildman–Crippen LogP) is 23.1. The third-order valence-corrected chi connectivity index (χ3v) is 20.3. The maximum absolute atomic E-state index is 13.1. The minimum absolute atomic E-state index is 0.0218. The van der Waals surface area contributed by atoms with E-state index in [1.54, 1.807) is 6.08 Å². The summed E-state index contributed by atoms with van der Waals surface area (Å²) in [4.78, 5) is 25.2. The number of nitrogens with one attached hydrogen (secondary N) is 1. The van der Waals surface area contributed by atoms with E-state index in [-0.39, 0.29) is 18.5 Å². The second-order valence-electron chi connectivity index (χ2n) is 29.5. The first-order chi connectivity index (χ1) is 46.7. The number of unbranched alkanes of at least 4 members (excludes halogenated alkanes) is 60. The van der Waals surface area contributed by atoms with E-state index < -0.39 is 49.5 Å². The summed E-state index contributed by atoms with van der Waals surface area (Å²) >= 11 is 0. The van der Waals surface area contributed by atoms with Crippen molar-refractivity contribution in [2.45, 2.75) is 480 Å². The number of esters is 1. The van der Waals surface area contributed by atoms with Crippen molar-refractivity contribution in [2.75, 3.05) is 19.8 Å². The molecule has 0 spiro atoms. The molecule has 0 aromatic rings. The number of hydrogen-bond donors (Lipinski definition) is 6. The smallest absolute Gasteiger partial charge is 0.305 e. The van der Waals surface area contributed by atoms with Crippen LogP contribution in [0.4, 0.5) is 0 Å². The summed E-state index contributed by atoms with van der Waals surface area (Å²) in [6.07, 6.45) is 85.3. The van der Waals surface area contributed by atoms with Gasteiger partial charge < -0.3 is 45.1 Å². The largest absolute Gasteiger partial charge is 0.466 e. The molecule has 0 aliphatic carbocycles. The highest BCUT2D eigenvalue weighted by Gasteiger charge is 2.44. The number of ether oxygens (including phenoxy) is 3. The minimum Gasteiger partial charge on any atom is -0.466 e. The molecule has 0 aromatic heterocycles. The van der Waals surface area contributed by atoms with Crippen LogP contribution in [0.5, 0.6) is 0 Å². The Hall–Kier alpha value is -1.86. The molecule has 6 N–H and O–H groups in total. The zero-order valence-corrected chi connectivity index (χ0v) is 62.9. The van der Waals surface area contributed by atoms with Crippen molar-refractivity contribution in [3.63, 3.8) is 0 Å². The van der Waals surface area contributed by atoms with Crippen molar-refractivity contribution in [3.8, 4) is 0 Å². The SMILES string of the molecule is CCCCCCCCCCC/C=C/C(O)C(COC1OC(CO)C(O)C(O)C1O)NC(=O)CCCCCCCCCCCCCCCCCCC/C=C\CCCCCCCCCCCCCCCCCCCCOC(=O)CCCCCCCCCCCCCCCCCCC. The van der Waals surface area contributed by atoms with Crippen molar-refractivity contribution in [3.05, 3.63) is 24.3 Å². The normalized spacial score (nSPS) is 17.4. The molecule has 0 radical (unpaired) electrons. The van der Waals surface area contributed by atoms with Crippen molar-refractivity contribution in [1.82, 2.24) is 5.32 Å². The van der Waals surface area contributed by atoms with Crippen LogP contribution in [0.3, 0.4) is 0 Å². The lowest BCUT2D eigenvalue weighted by atomic mass is 9.99. The van der Waals surface area contributed by atoms with E-state index in [2.05, 4.69) is 31.3 Å². The standard InChI is InChI=1S/C84H161NO10/c1-3-5-7-9-11-13-15-16-17-41-45-48-52-56-60-64-68-72-80(89)93-73-69-65-61-57-53-49-46-43-40-38-36-34-32-30-28-26-24-22-20-18-19-21-23-25-27-29-31-33-35-37-39-42-44-47-51-55-59-63-67-71-79(88)85-76(75-94-84-83(92)82(91)81(90)78(74-86)95-84)77(87)70-66-62-58-54-50-14-12-10-8-6-4-2/h18-19,66,70,76-78,81-84,86-87,90-92H,3-17,20-65,67-69,71-75H2,1-2H3,(H,85,88)/b19-18-,70-66+. The fraction of sp³-hybridized carbons (Fsp3) is 0.929. The molecule has 562 valence electrons. The molecule has 1 heterocycles. The van der Waals surface area contributed by atoms with E-state index >= 15 is 0 Å². The number of aliphatic hydroxyl groups excluding tert-OH is 5. The van der Waals surface area contributed by atoms with Gasteiger partial charge in [0.15, 0.2) is 6.29 Å². The van der Waals surface area contributed by atoms with Crippen molar-refractivity contribution >= 4 is 11.9 Å². The van der Waals surface area contributed by atoms with E-state index in [0.29, 0.717) is 19.4 Å². The van der Waals surface area contributed by atoms with E-state index in [9.17, 15) is 35.1 Å². The van der Waals surface area contributed by atoms with Crippen molar-refractivity contribution in [2.24, 2.45) is 0 Å². The molecule has 11 heteroatoms. The van der Waals surface area contributed by atoms with Gasteiger partial charge in [0.05, 0.1) is 32.0 Å². The average Bonchev–Trinajstić information content (AvgIpc) is 0.858. The number of carbonyl (C=O) groups is 2. The molecule has 1 rings (SSSR count). The number of carbonyl (C=O) groups excluding carboxylic acids is 2. The molecular weight excluding hydrogens is 1180 g/mol. The quantitative estimate of drug-likeness (QED) is 0.0195. The lowest BCUT2D eigenvalue weighted by Gasteiger charge is -2.40. The predicted molar refractivity (Wildman–Crippen MR) is 403 cm³/mol. The summed E-state index contributed by atoms with van der Waals surface area (Å²) < 4.78 is 16.8. The first kappa shape index (κ1) is 91.2. The second kappa shape index (κ2) is 73.4. The summed E-state index contributed by atoms with van der Waals surface area (Å²) in [6.45, 7) is 4.40. The fourth-order valence-electron chi connectivity index (χ4n) is 13.7. The summed E-state index contributed by atoms with van der Waals surface area (Å²) in [6, 6.07) is -0.806. The molecule has 0 saturated carbocycles. The molecule has 0 bridgehead atoms. The maximum atomic E-state index is 13.1. The third-order valence-electron chi connectivity index (χ3n) is 20.3. The zero-order valence-electron chi connectivity index (χ0n) is 62.9. The Balaban J connectivity index is 1.85. The molecular formula is C84H161NO10. The van der Waals surface area contributed by atoms with E-state index in [1.165, 1.54) is 360 Å². The molecule has 1 aliphatic rings. The highest BCUT2D eigenvalue weighted by molar-refractivity contribution is 5.76. The molecule has 1 saturated heterocycles. The van der Waals surface area contributed by atoms with Crippen LogP contribution in [0, 0.1) is 0 Å². The van der Waals surface area contributed by atoms with Crippen LogP contribution < -0.4 is 5.32 Å². The van der Waals surface area contributed by atoms with Crippen LogP contribution in [0.2, 0.25) is 0 Å². The number of allylic oxidation sites excluding steroid dienone is 3. The number of hydrogen-bond acceptors (Lipinski definition) is 10. The third kappa shape index (κ3) is 61.7. The Kier molecular flexibility index (Phi) is 70.4. The van der Waals surface area contributed by atoms with Gasteiger partial charge in [-0.1, -0.05) is 391 Å². The molecule has 1 fully saturated rings.